The fraction of sp³-hybridized carbons (Fsp3) is 0. The lowest BCUT2D eigenvalue weighted by Gasteiger charge is -2.18. The van der Waals surface area contributed by atoms with Gasteiger partial charge in [0.15, 0.2) is 11.6 Å². The Morgan fingerprint density at radius 2 is 0.841 bits per heavy atom. The lowest BCUT2D eigenvalue weighted by Crippen LogP contribution is -2.07. The van der Waals surface area contributed by atoms with Crippen molar-refractivity contribution in [3.8, 4) is 56.7 Å². The summed E-state index contributed by atoms with van der Waals surface area (Å²) < 4.78 is 11.1. The lowest BCUT2D eigenvalue weighted by atomic mass is 9.93. The molecule has 0 N–H and O–H groups in total. The van der Waals surface area contributed by atoms with Gasteiger partial charge in [0.2, 0.25) is 5.95 Å². The van der Waals surface area contributed by atoms with Gasteiger partial charge in [0.25, 0.3) is 0 Å². The van der Waals surface area contributed by atoms with Crippen molar-refractivity contribution in [1.82, 2.24) is 24.1 Å². The number of rotatable bonds is 6. The van der Waals surface area contributed by atoms with E-state index in [1.54, 1.807) is 0 Å². The first-order valence-corrected chi connectivity index (χ1v) is 21.2. The summed E-state index contributed by atoms with van der Waals surface area (Å²) in [6.45, 7) is 0. The van der Waals surface area contributed by atoms with Gasteiger partial charge in [-0.1, -0.05) is 182 Å². The third kappa shape index (κ3) is 5.41. The van der Waals surface area contributed by atoms with Crippen molar-refractivity contribution in [1.29, 1.82) is 0 Å². The summed E-state index contributed by atoms with van der Waals surface area (Å²) in [6.07, 6.45) is 0. The third-order valence-corrected chi connectivity index (χ3v) is 12.4. The van der Waals surface area contributed by atoms with Crippen molar-refractivity contribution in [3.63, 3.8) is 0 Å². The number of benzene rings is 9. The van der Waals surface area contributed by atoms with Crippen LogP contribution in [0.5, 0.6) is 0 Å². The van der Waals surface area contributed by atoms with Crippen LogP contribution in [0.25, 0.3) is 122 Å². The Labute approximate surface area is 361 Å². The van der Waals surface area contributed by atoms with Crippen LogP contribution in [-0.4, -0.2) is 24.1 Å². The molecular weight excluding hydrogens is 771 g/mol. The monoisotopic (exact) mass is 805 g/mol. The van der Waals surface area contributed by atoms with Crippen LogP contribution >= 0.6 is 0 Å². The predicted octanol–water partition coefficient (Wildman–Crippen LogP) is 14.6. The van der Waals surface area contributed by atoms with E-state index in [0.717, 1.165) is 93.5 Å². The van der Waals surface area contributed by atoms with E-state index in [4.69, 9.17) is 19.4 Å². The summed E-state index contributed by atoms with van der Waals surface area (Å²) in [4.78, 5) is 16.1. The molecule has 0 aliphatic heterocycles. The van der Waals surface area contributed by atoms with E-state index >= 15 is 0 Å². The Morgan fingerprint density at radius 1 is 0.317 bits per heavy atom. The molecule has 9 aromatic carbocycles. The molecule has 4 heterocycles. The topological polar surface area (TPSA) is 61.7 Å². The highest BCUT2D eigenvalue weighted by Gasteiger charge is 2.25. The first kappa shape index (κ1) is 35.2. The van der Waals surface area contributed by atoms with Crippen molar-refractivity contribution >= 4 is 65.6 Å². The molecular formula is C57H35N5O. The number of furan rings is 1. The fourth-order valence-electron chi connectivity index (χ4n) is 9.70. The van der Waals surface area contributed by atoms with Gasteiger partial charge in [-0.25, -0.2) is 4.98 Å². The second kappa shape index (κ2) is 14.0. The van der Waals surface area contributed by atoms with E-state index in [1.165, 1.54) is 11.1 Å². The van der Waals surface area contributed by atoms with Gasteiger partial charge in [-0.3, -0.25) is 4.57 Å². The van der Waals surface area contributed by atoms with E-state index < -0.39 is 0 Å². The molecule has 6 heteroatoms. The highest BCUT2D eigenvalue weighted by Crippen LogP contribution is 2.44. The van der Waals surface area contributed by atoms with Gasteiger partial charge < -0.3 is 8.98 Å². The maximum atomic E-state index is 6.37. The van der Waals surface area contributed by atoms with Crippen molar-refractivity contribution in [2.24, 2.45) is 0 Å². The predicted molar refractivity (Wildman–Crippen MR) is 258 cm³/mol. The maximum Gasteiger partial charge on any atom is 0.238 e. The van der Waals surface area contributed by atoms with Gasteiger partial charge in [0, 0.05) is 49.0 Å². The minimum atomic E-state index is 0.530. The van der Waals surface area contributed by atoms with Gasteiger partial charge in [-0.2, -0.15) is 9.97 Å². The summed E-state index contributed by atoms with van der Waals surface area (Å²) in [7, 11) is 0. The molecule has 0 bridgehead atoms. The molecule has 0 fully saturated rings. The van der Waals surface area contributed by atoms with E-state index in [-0.39, 0.29) is 0 Å². The number of aromatic nitrogens is 5. The van der Waals surface area contributed by atoms with Crippen LogP contribution in [0.4, 0.5) is 0 Å². The quantitative estimate of drug-likeness (QED) is 0.168. The van der Waals surface area contributed by atoms with Gasteiger partial charge in [0.05, 0.1) is 27.8 Å². The van der Waals surface area contributed by atoms with E-state index in [9.17, 15) is 0 Å². The molecule has 294 valence electrons. The van der Waals surface area contributed by atoms with Crippen molar-refractivity contribution < 1.29 is 4.42 Å². The van der Waals surface area contributed by atoms with Crippen LogP contribution in [0, 0.1) is 0 Å². The molecule has 4 aromatic heterocycles. The van der Waals surface area contributed by atoms with Crippen molar-refractivity contribution in [3.05, 3.63) is 212 Å². The Hall–Kier alpha value is -8.61. The molecule has 0 spiro atoms. The SMILES string of the molecule is c1ccc(-c2nc(-c3cccc4oc5ccccc5c34)nc(-n3c4ccccc4c4ccc5c6ccccc6n(-c6ccccc6-c6ccccc6-c6ccccc6)c5c43)n2)cc1. The molecule has 0 aliphatic rings. The molecule has 0 amide bonds. The largest absolute Gasteiger partial charge is 0.456 e. The molecule has 0 saturated carbocycles. The van der Waals surface area contributed by atoms with Crippen molar-refractivity contribution in [2.45, 2.75) is 0 Å². The average molecular weight is 806 g/mol. The third-order valence-electron chi connectivity index (χ3n) is 12.4. The van der Waals surface area contributed by atoms with Crippen molar-refractivity contribution in [2.75, 3.05) is 0 Å². The zero-order chi connectivity index (χ0) is 41.4. The van der Waals surface area contributed by atoms with Gasteiger partial charge in [-0.05, 0) is 47.0 Å². The lowest BCUT2D eigenvalue weighted by molar-refractivity contribution is 0.669. The average Bonchev–Trinajstić information content (AvgIpc) is 4.02. The van der Waals surface area contributed by atoms with E-state index in [0.29, 0.717) is 17.6 Å². The van der Waals surface area contributed by atoms with E-state index in [1.807, 2.05) is 48.5 Å². The number of para-hydroxylation sites is 4. The molecule has 0 radical (unpaired) electrons. The van der Waals surface area contributed by atoms with Crippen LogP contribution in [0.15, 0.2) is 217 Å². The Morgan fingerprint density at radius 3 is 1.59 bits per heavy atom. The van der Waals surface area contributed by atoms with E-state index in [2.05, 4.69) is 173 Å². The highest BCUT2D eigenvalue weighted by molar-refractivity contribution is 6.24. The first-order valence-electron chi connectivity index (χ1n) is 21.2. The summed E-state index contributed by atoms with van der Waals surface area (Å²) in [5.74, 6) is 1.68. The maximum absolute atomic E-state index is 6.37. The van der Waals surface area contributed by atoms with Gasteiger partial charge in [0.1, 0.15) is 11.2 Å². The summed E-state index contributed by atoms with van der Waals surface area (Å²) in [5.41, 5.74) is 13.3. The second-order valence-corrected chi connectivity index (χ2v) is 15.9. The zero-order valence-corrected chi connectivity index (χ0v) is 33.9. The molecule has 0 saturated heterocycles. The van der Waals surface area contributed by atoms with Crippen LogP contribution in [0.3, 0.4) is 0 Å². The number of fused-ring (bicyclic) bond motifs is 10. The molecule has 13 rings (SSSR count). The normalized spacial score (nSPS) is 11.8. The van der Waals surface area contributed by atoms with Crippen LogP contribution in [-0.2, 0) is 0 Å². The molecule has 13 aromatic rings. The fourth-order valence-corrected chi connectivity index (χ4v) is 9.70. The first-order chi connectivity index (χ1) is 31.3. The second-order valence-electron chi connectivity index (χ2n) is 15.9. The van der Waals surface area contributed by atoms with Crippen LogP contribution < -0.4 is 0 Å². The summed E-state index contributed by atoms with van der Waals surface area (Å²) >= 11 is 0. The Kier molecular flexibility index (Phi) is 7.80. The van der Waals surface area contributed by atoms with Gasteiger partial charge >= 0.3 is 0 Å². The number of hydrogen-bond donors (Lipinski definition) is 0. The zero-order valence-electron chi connectivity index (χ0n) is 33.9. The molecule has 6 nitrogen and oxygen atoms in total. The smallest absolute Gasteiger partial charge is 0.238 e. The molecule has 63 heavy (non-hydrogen) atoms. The standard InChI is InChI=1S/C57H35N5O/c1-3-18-36(19-4-1)38-22-7-8-23-39(38)40-24-9-13-29-47(40)61-48-30-14-10-25-41(48)43-34-35-44-42-26-11-15-31-49(42)62(54(44)53(43)61)57-59-55(37-20-5-2-6-21-37)58-56(60-57)46-28-17-33-51-52(46)45-27-12-16-32-50(45)63-51/h1-35H. The minimum Gasteiger partial charge on any atom is -0.456 e. The molecule has 0 atom stereocenters. The molecule has 0 aliphatic carbocycles. The Balaban J connectivity index is 1.16. The Bertz CT molecular complexity index is 3920. The van der Waals surface area contributed by atoms with Crippen LogP contribution in [0.1, 0.15) is 0 Å². The minimum absolute atomic E-state index is 0.530. The van der Waals surface area contributed by atoms with Gasteiger partial charge in [-0.15, -0.1) is 0 Å². The van der Waals surface area contributed by atoms with Crippen LogP contribution in [0.2, 0.25) is 0 Å². The number of nitrogens with zero attached hydrogens (tertiary/aromatic N) is 5. The highest BCUT2D eigenvalue weighted by atomic mass is 16.3. The molecule has 0 unspecified atom stereocenters. The summed E-state index contributed by atoms with van der Waals surface area (Å²) in [6, 6.07) is 74.5. The summed E-state index contributed by atoms with van der Waals surface area (Å²) in [5, 5.41) is 6.51. The number of hydrogen-bond acceptors (Lipinski definition) is 4.